The number of rotatable bonds is 3. The van der Waals surface area contributed by atoms with Crippen molar-refractivity contribution in [3.8, 4) is 17.2 Å². The molecule has 1 aromatic carbocycles. The summed E-state index contributed by atoms with van der Waals surface area (Å²) < 4.78 is 1.05. The first-order chi connectivity index (χ1) is 10.6. The second-order valence-electron chi connectivity index (χ2n) is 4.56. The highest BCUT2D eigenvalue weighted by atomic mass is 16.4. The number of nitrogens with zero attached hydrogens (tertiary/aromatic N) is 4. The Morgan fingerprint density at radius 1 is 1.23 bits per heavy atom. The Balaban J connectivity index is 2.18. The molecular weight excluding hydrogens is 286 g/mol. The summed E-state index contributed by atoms with van der Waals surface area (Å²) in [5, 5.41) is 21.0. The van der Waals surface area contributed by atoms with Gasteiger partial charge in [0, 0.05) is 5.56 Å². The van der Waals surface area contributed by atoms with Crippen LogP contribution < -0.4 is 5.56 Å². The van der Waals surface area contributed by atoms with E-state index in [0.29, 0.717) is 5.69 Å². The Labute approximate surface area is 124 Å². The number of carboxylic acids is 1. The highest BCUT2D eigenvalue weighted by Gasteiger charge is 2.18. The molecule has 8 heteroatoms. The van der Waals surface area contributed by atoms with Crippen LogP contribution >= 0.6 is 0 Å². The Morgan fingerprint density at radius 3 is 2.59 bits per heavy atom. The molecule has 3 rings (SSSR count). The largest absolute Gasteiger partial charge is 0.477 e. The average molecular weight is 297 g/mol. The third-order valence-corrected chi connectivity index (χ3v) is 3.05. The van der Waals surface area contributed by atoms with Gasteiger partial charge in [-0.15, -0.1) is 10.2 Å². The minimum atomic E-state index is -1.18. The molecule has 2 heterocycles. The van der Waals surface area contributed by atoms with Crippen LogP contribution in [0.1, 0.15) is 16.2 Å². The molecule has 0 aliphatic carbocycles. The molecule has 0 radical (unpaired) electrons. The van der Waals surface area contributed by atoms with Crippen molar-refractivity contribution in [1.29, 1.82) is 0 Å². The fourth-order valence-electron chi connectivity index (χ4n) is 1.92. The highest BCUT2D eigenvalue weighted by Crippen LogP contribution is 2.20. The molecule has 3 aromatic rings. The number of nitrogens with one attached hydrogen (secondary N) is 1. The summed E-state index contributed by atoms with van der Waals surface area (Å²) in [6, 6.07) is 10.5. The van der Waals surface area contributed by atoms with E-state index in [2.05, 4.69) is 20.3 Å². The number of H-pyrrole nitrogens is 1. The molecule has 0 aliphatic rings. The van der Waals surface area contributed by atoms with E-state index in [1.165, 1.54) is 13.0 Å². The lowest BCUT2D eigenvalue weighted by atomic mass is 10.1. The number of aromatic nitrogens is 5. The van der Waals surface area contributed by atoms with Gasteiger partial charge in [0.05, 0.1) is 5.69 Å². The standard InChI is InChI=1S/C14H11N5O3/c1-8-12(20)15-14(17-16-8)19-11(13(21)22)7-10(18-19)9-5-3-2-4-6-9/h2-7H,1H3,(H,21,22)(H,15,17,20). The van der Waals surface area contributed by atoms with Crippen molar-refractivity contribution >= 4 is 5.97 Å². The van der Waals surface area contributed by atoms with Gasteiger partial charge in [0.15, 0.2) is 5.69 Å². The first-order valence-corrected chi connectivity index (χ1v) is 6.39. The second-order valence-corrected chi connectivity index (χ2v) is 4.56. The maximum absolute atomic E-state index is 11.6. The number of aromatic carboxylic acids is 1. The molecule has 0 fully saturated rings. The molecule has 0 unspecified atom stereocenters. The molecule has 0 atom stereocenters. The Morgan fingerprint density at radius 2 is 1.95 bits per heavy atom. The lowest BCUT2D eigenvalue weighted by Crippen LogP contribution is -2.20. The quantitative estimate of drug-likeness (QED) is 0.746. The number of benzene rings is 1. The number of hydrogen-bond donors (Lipinski definition) is 2. The van der Waals surface area contributed by atoms with Gasteiger partial charge in [0.1, 0.15) is 5.69 Å². The maximum Gasteiger partial charge on any atom is 0.354 e. The Kier molecular flexibility index (Phi) is 3.26. The van der Waals surface area contributed by atoms with Crippen molar-refractivity contribution in [3.05, 3.63) is 58.1 Å². The third-order valence-electron chi connectivity index (χ3n) is 3.05. The van der Waals surface area contributed by atoms with Crippen LogP contribution in [-0.2, 0) is 0 Å². The monoisotopic (exact) mass is 297 g/mol. The average Bonchev–Trinajstić information content (AvgIpc) is 2.96. The van der Waals surface area contributed by atoms with Crippen molar-refractivity contribution in [2.45, 2.75) is 6.92 Å². The van der Waals surface area contributed by atoms with Gasteiger partial charge in [0.2, 0.25) is 0 Å². The molecular formula is C14H11N5O3. The molecule has 0 amide bonds. The van der Waals surface area contributed by atoms with Crippen LogP contribution in [0.5, 0.6) is 0 Å². The summed E-state index contributed by atoms with van der Waals surface area (Å²) >= 11 is 0. The minimum absolute atomic E-state index is 0.0461. The zero-order chi connectivity index (χ0) is 15.7. The molecule has 0 saturated carbocycles. The third kappa shape index (κ3) is 2.37. The van der Waals surface area contributed by atoms with Crippen LogP contribution in [0.4, 0.5) is 0 Å². The summed E-state index contributed by atoms with van der Waals surface area (Å²) in [4.78, 5) is 25.5. The lowest BCUT2D eigenvalue weighted by molar-refractivity contribution is 0.0686. The molecule has 0 saturated heterocycles. The van der Waals surface area contributed by atoms with E-state index in [-0.39, 0.29) is 17.3 Å². The number of aromatic amines is 1. The van der Waals surface area contributed by atoms with E-state index in [0.717, 1.165) is 10.2 Å². The fourth-order valence-corrected chi connectivity index (χ4v) is 1.92. The summed E-state index contributed by atoms with van der Waals surface area (Å²) in [6.07, 6.45) is 0. The molecule has 22 heavy (non-hydrogen) atoms. The Hall–Kier alpha value is -3.29. The summed E-state index contributed by atoms with van der Waals surface area (Å²) in [5.74, 6) is -1.23. The number of hydrogen-bond acceptors (Lipinski definition) is 5. The van der Waals surface area contributed by atoms with Crippen LogP contribution in [0, 0.1) is 6.92 Å². The van der Waals surface area contributed by atoms with Gasteiger partial charge in [-0.05, 0) is 13.0 Å². The summed E-state index contributed by atoms with van der Waals surface area (Å²) in [7, 11) is 0. The van der Waals surface area contributed by atoms with Crippen molar-refractivity contribution in [3.63, 3.8) is 0 Å². The van der Waals surface area contributed by atoms with Crippen LogP contribution in [0.2, 0.25) is 0 Å². The predicted molar refractivity (Wildman–Crippen MR) is 76.9 cm³/mol. The highest BCUT2D eigenvalue weighted by molar-refractivity contribution is 5.87. The molecule has 110 valence electrons. The molecule has 2 aromatic heterocycles. The normalized spacial score (nSPS) is 10.6. The van der Waals surface area contributed by atoms with Gasteiger partial charge < -0.3 is 5.11 Å². The first kappa shape index (κ1) is 13.7. The minimum Gasteiger partial charge on any atom is -0.477 e. The van der Waals surface area contributed by atoms with Crippen molar-refractivity contribution in [1.82, 2.24) is 25.0 Å². The molecule has 8 nitrogen and oxygen atoms in total. The Bertz CT molecular complexity index is 898. The first-order valence-electron chi connectivity index (χ1n) is 6.39. The summed E-state index contributed by atoms with van der Waals surface area (Å²) in [5.41, 5.74) is 0.842. The van der Waals surface area contributed by atoms with E-state index in [9.17, 15) is 14.7 Å². The van der Waals surface area contributed by atoms with Crippen LogP contribution in [-0.4, -0.2) is 36.0 Å². The number of carbonyl (C=O) groups is 1. The summed E-state index contributed by atoms with van der Waals surface area (Å²) in [6.45, 7) is 1.51. The van der Waals surface area contributed by atoms with Crippen molar-refractivity contribution in [2.75, 3.05) is 0 Å². The SMILES string of the molecule is Cc1nnc(-n2nc(-c3ccccc3)cc2C(=O)O)[nH]c1=O. The van der Waals surface area contributed by atoms with Crippen LogP contribution in [0.15, 0.2) is 41.2 Å². The lowest BCUT2D eigenvalue weighted by Gasteiger charge is -2.02. The van der Waals surface area contributed by atoms with E-state index >= 15 is 0 Å². The number of aryl methyl sites for hydroxylation is 1. The topological polar surface area (TPSA) is 114 Å². The maximum atomic E-state index is 11.6. The second kappa shape index (κ2) is 5.24. The fraction of sp³-hybridized carbons (Fsp3) is 0.0714. The number of carboxylic acid groups (broad SMARTS) is 1. The van der Waals surface area contributed by atoms with Gasteiger partial charge >= 0.3 is 5.97 Å². The van der Waals surface area contributed by atoms with Gasteiger partial charge in [-0.3, -0.25) is 9.78 Å². The van der Waals surface area contributed by atoms with E-state index in [4.69, 9.17) is 0 Å². The van der Waals surface area contributed by atoms with Gasteiger partial charge in [-0.2, -0.15) is 9.78 Å². The zero-order valence-electron chi connectivity index (χ0n) is 11.5. The van der Waals surface area contributed by atoms with Crippen LogP contribution in [0.3, 0.4) is 0 Å². The van der Waals surface area contributed by atoms with Crippen molar-refractivity contribution < 1.29 is 9.90 Å². The van der Waals surface area contributed by atoms with Gasteiger partial charge in [-0.25, -0.2) is 4.79 Å². The molecule has 0 spiro atoms. The van der Waals surface area contributed by atoms with Gasteiger partial charge in [-0.1, -0.05) is 30.3 Å². The van der Waals surface area contributed by atoms with E-state index in [1.807, 2.05) is 30.3 Å². The van der Waals surface area contributed by atoms with E-state index < -0.39 is 11.5 Å². The van der Waals surface area contributed by atoms with Crippen molar-refractivity contribution in [2.24, 2.45) is 0 Å². The van der Waals surface area contributed by atoms with E-state index in [1.54, 1.807) is 0 Å². The molecule has 0 bridgehead atoms. The zero-order valence-corrected chi connectivity index (χ0v) is 11.5. The van der Waals surface area contributed by atoms with Crippen LogP contribution in [0.25, 0.3) is 17.2 Å². The predicted octanol–water partition coefficient (Wildman–Crippen LogP) is 1.02. The van der Waals surface area contributed by atoms with Gasteiger partial charge in [0.25, 0.3) is 11.5 Å². The molecule has 2 N–H and O–H groups in total. The smallest absolute Gasteiger partial charge is 0.354 e. The molecule has 0 aliphatic heterocycles.